The van der Waals surface area contributed by atoms with Gasteiger partial charge in [-0.25, -0.2) is 0 Å². The summed E-state index contributed by atoms with van der Waals surface area (Å²) in [5.41, 5.74) is 9.40. The monoisotopic (exact) mass is 336 g/mol. The quantitative estimate of drug-likeness (QED) is 0.490. The van der Waals surface area contributed by atoms with Gasteiger partial charge in [-0.3, -0.25) is 10.2 Å². The van der Waals surface area contributed by atoms with Gasteiger partial charge in [-0.1, -0.05) is 54.6 Å². The van der Waals surface area contributed by atoms with E-state index in [0.29, 0.717) is 5.56 Å². The molecule has 0 aliphatic carbocycles. The number of carboxylic acids is 1. The number of carbonyl (C=O) groups is 1. The molecule has 0 radical (unpaired) electrons. The lowest BCUT2D eigenvalue weighted by atomic mass is 10.0. The Bertz CT molecular complexity index is 862. The van der Waals surface area contributed by atoms with Crippen LogP contribution in [0, 0.1) is 12.3 Å². The number of benzene rings is 2. The lowest BCUT2D eigenvalue weighted by molar-refractivity contribution is -0.134. The van der Waals surface area contributed by atoms with Crippen LogP contribution in [0.2, 0.25) is 0 Å². The fraction of sp³-hybridized carbons (Fsp3) is 0.100. The van der Waals surface area contributed by atoms with Crippen LogP contribution in [0.1, 0.15) is 18.2 Å². The Kier molecular flexibility index (Phi) is 5.74. The summed E-state index contributed by atoms with van der Waals surface area (Å²) in [7, 11) is 0. The molecule has 3 aromatic rings. The van der Waals surface area contributed by atoms with Crippen LogP contribution in [0.5, 0.6) is 0 Å². The van der Waals surface area contributed by atoms with Crippen molar-refractivity contribution in [3.8, 4) is 22.5 Å². The predicted molar refractivity (Wildman–Crippen MR) is 98.6 cm³/mol. The first-order valence-corrected chi connectivity index (χ1v) is 7.68. The molecule has 0 spiro atoms. The average molecular weight is 336 g/mol. The first-order valence-electron chi connectivity index (χ1n) is 7.68. The lowest BCUT2D eigenvalue weighted by Crippen LogP contribution is -2.10. The fourth-order valence-electron chi connectivity index (χ4n) is 2.34. The predicted octanol–water partition coefficient (Wildman–Crippen LogP) is 4.30. The van der Waals surface area contributed by atoms with Gasteiger partial charge in [0.25, 0.3) is 5.97 Å². The van der Waals surface area contributed by atoms with E-state index in [1.807, 2.05) is 55.5 Å². The van der Waals surface area contributed by atoms with Gasteiger partial charge >= 0.3 is 0 Å². The number of hydrogen-bond acceptors (Lipinski definition) is 3. The van der Waals surface area contributed by atoms with Gasteiger partial charge in [0.05, 0.1) is 0 Å². The Balaban J connectivity index is 0.000000511. The first-order chi connectivity index (χ1) is 11.9. The van der Waals surface area contributed by atoms with E-state index in [1.54, 1.807) is 0 Å². The van der Waals surface area contributed by atoms with Gasteiger partial charge in [0.1, 0.15) is 17.4 Å². The maximum absolute atomic E-state index is 9.00. The van der Waals surface area contributed by atoms with Gasteiger partial charge < -0.3 is 15.3 Å². The first kappa shape index (κ1) is 18.0. The lowest BCUT2D eigenvalue weighted by Gasteiger charge is -2.00. The van der Waals surface area contributed by atoms with Gasteiger partial charge in [-0.2, -0.15) is 0 Å². The second-order valence-corrected chi connectivity index (χ2v) is 5.46. The van der Waals surface area contributed by atoms with Crippen molar-refractivity contribution >= 4 is 11.8 Å². The van der Waals surface area contributed by atoms with Crippen molar-refractivity contribution < 1.29 is 14.3 Å². The molecule has 0 saturated carbocycles. The Labute approximate surface area is 146 Å². The third kappa shape index (κ3) is 4.81. The molecule has 2 aromatic carbocycles. The van der Waals surface area contributed by atoms with Gasteiger partial charge in [-0.15, -0.1) is 0 Å². The summed E-state index contributed by atoms with van der Waals surface area (Å²) in [6.45, 7) is 3.05. The zero-order valence-corrected chi connectivity index (χ0v) is 14.1. The van der Waals surface area contributed by atoms with Crippen molar-refractivity contribution in [2.75, 3.05) is 0 Å². The molecule has 0 atom stereocenters. The zero-order chi connectivity index (χ0) is 18.4. The Hall–Kier alpha value is -3.34. The summed E-state index contributed by atoms with van der Waals surface area (Å²) in [6.07, 6.45) is 0. The fourth-order valence-corrected chi connectivity index (χ4v) is 2.34. The number of aliphatic carboxylic acids is 1. The van der Waals surface area contributed by atoms with Gasteiger partial charge in [-0.05, 0) is 18.6 Å². The summed E-state index contributed by atoms with van der Waals surface area (Å²) in [4.78, 5) is 9.00. The number of aryl methyl sites for hydroxylation is 1. The molecule has 0 saturated heterocycles. The van der Waals surface area contributed by atoms with Crippen LogP contribution in [-0.4, -0.2) is 16.9 Å². The number of carboxylic acid groups (broad SMARTS) is 1. The second-order valence-electron chi connectivity index (χ2n) is 5.46. The molecular weight excluding hydrogens is 316 g/mol. The molecule has 4 N–H and O–H groups in total. The summed E-state index contributed by atoms with van der Waals surface area (Å²) in [5, 5.41) is 14.8. The van der Waals surface area contributed by atoms with E-state index >= 15 is 0 Å². The zero-order valence-electron chi connectivity index (χ0n) is 14.1. The third-order valence-electron chi connectivity index (χ3n) is 3.48. The van der Waals surface area contributed by atoms with Crippen LogP contribution >= 0.6 is 0 Å². The summed E-state index contributed by atoms with van der Waals surface area (Å²) < 4.78 is 5.87. The number of furan rings is 1. The van der Waals surface area contributed by atoms with Crippen molar-refractivity contribution in [3.05, 3.63) is 72.0 Å². The number of rotatable bonds is 3. The van der Waals surface area contributed by atoms with E-state index in [0.717, 1.165) is 35.1 Å². The summed E-state index contributed by atoms with van der Waals surface area (Å²) in [6, 6.07) is 19.7. The minimum absolute atomic E-state index is 0.0714. The van der Waals surface area contributed by atoms with E-state index in [1.165, 1.54) is 0 Å². The molecule has 5 nitrogen and oxygen atoms in total. The van der Waals surface area contributed by atoms with Crippen LogP contribution in [-0.2, 0) is 4.79 Å². The van der Waals surface area contributed by atoms with Gasteiger partial charge in [0.15, 0.2) is 0 Å². The molecule has 0 fully saturated rings. The highest BCUT2D eigenvalue weighted by Crippen LogP contribution is 2.32. The third-order valence-corrected chi connectivity index (χ3v) is 3.48. The number of nitrogens with two attached hydrogens (primary N) is 1. The molecule has 1 aromatic heterocycles. The Morgan fingerprint density at radius 1 is 1.04 bits per heavy atom. The Morgan fingerprint density at radius 3 is 2.12 bits per heavy atom. The van der Waals surface area contributed by atoms with Crippen LogP contribution in [0.3, 0.4) is 0 Å². The van der Waals surface area contributed by atoms with E-state index in [2.05, 4.69) is 12.1 Å². The van der Waals surface area contributed by atoms with Crippen LogP contribution in [0.4, 0.5) is 0 Å². The molecule has 0 unspecified atom stereocenters. The second kappa shape index (κ2) is 7.97. The van der Waals surface area contributed by atoms with Gasteiger partial charge in [0.2, 0.25) is 0 Å². The van der Waals surface area contributed by atoms with Crippen LogP contribution < -0.4 is 5.73 Å². The van der Waals surface area contributed by atoms with Crippen molar-refractivity contribution in [1.29, 1.82) is 5.41 Å². The van der Waals surface area contributed by atoms with E-state index < -0.39 is 5.97 Å². The van der Waals surface area contributed by atoms with Crippen LogP contribution in [0.15, 0.2) is 65.1 Å². The summed E-state index contributed by atoms with van der Waals surface area (Å²) >= 11 is 0. The largest absolute Gasteiger partial charge is 0.481 e. The molecule has 0 amide bonds. The topological polar surface area (TPSA) is 100 Å². The molecule has 0 bridgehead atoms. The van der Waals surface area contributed by atoms with E-state index in [4.69, 9.17) is 25.5 Å². The smallest absolute Gasteiger partial charge is 0.300 e. The number of amidine groups is 1. The molecular formula is C20H20N2O3. The number of hydrogen-bond donors (Lipinski definition) is 3. The van der Waals surface area contributed by atoms with E-state index in [-0.39, 0.29) is 5.84 Å². The standard InChI is InChI=1S/C18H16N2O.C2H4O2/c1-12-16(13-5-3-2-4-6-13)11-17(21-12)14-7-9-15(10-8-14)18(19)20;1-2(3)4/h2-11H,1H3,(H3,19,20);1H3,(H,3,4). The SMILES string of the molecule is CC(=O)O.Cc1oc(-c2ccc(C(=N)N)cc2)cc1-c1ccccc1. The average Bonchev–Trinajstić information content (AvgIpc) is 2.97. The number of nitrogens with one attached hydrogen (secondary N) is 1. The highest BCUT2D eigenvalue weighted by Gasteiger charge is 2.11. The molecule has 3 rings (SSSR count). The maximum atomic E-state index is 9.00. The van der Waals surface area contributed by atoms with E-state index in [9.17, 15) is 0 Å². The number of nitrogen functional groups attached to an aromatic ring is 1. The normalized spacial score (nSPS) is 9.84. The van der Waals surface area contributed by atoms with Crippen molar-refractivity contribution in [3.63, 3.8) is 0 Å². The highest BCUT2D eigenvalue weighted by atomic mass is 16.4. The molecule has 128 valence electrons. The van der Waals surface area contributed by atoms with Gasteiger partial charge in [0, 0.05) is 23.6 Å². The molecule has 0 aliphatic heterocycles. The summed E-state index contributed by atoms with van der Waals surface area (Å²) in [5.74, 6) is 0.954. The Morgan fingerprint density at radius 2 is 1.60 bits per heavy atom. The van der Waals surface area contributed by atoms with Crippen molar-refractivity contribution in [2.24, 2.45) is 5.73 Å². The maximum Gasteiger partial charge on any atom is 0.300 e. The molecule has 0 aliphatic rings. The molecule has 25 heavy (non-hydrogen) atoms. The minimum Gasteiger partial charge on any atom is -0.481 e. The minimum atomic E-state index is -0.833. The van der Waals surface area contributed by atoms with Crippen LogP contribution in [0.25, 0.3) is 22.5 Å². The molecule has 1 heterocycles. The van der Waals surface area contributed by atoms with Crippen molar-refractivity contribution in [1.82, 2.24) is 0 Å². The highest BCUT2D eigenvalue weighted by molar-refractivity contribution is 5.95. The van der Waals surface area contributed by atoms with Crippen molar-refractivity contribution in [2.45, 2.75) is 13.8 Å². The molecule has 5 heteroatoms.